The molecular formula is C14H18F3N3. The minimum Gasteiger partial charge on any atom is -0.367 e. The summed E-state index contributed by atoms with van der Waals surface area (Å²) in [6.07, 6.45) is 4.56. The van der Waals surface area contributed by atoms with Crippen LogP contribution in [0.1, 0.15) is 25.7 Å². The lowest BCUT2D eigenvalue weighted by atomic mass is 9.91. The number of pyridine rings is 1. The summed E-state index contributed by atoms with van der Waals surface area (Å²) in [6.45, 7) is 0.551. The molecule has 2 unspecified atom stereocenters. The van der Waals surface area contributed by atoms with Gasteiger partial charge in [-0.2, -0.15) is 9.37 Å². The van der Waals surface area contributed by atoms with E-state index in [1.54, 1.807) is 0 Å². The number of piperidine rings is 1. The largest absolute Gasteiger partial charge is 0.367 e. The molecular weight excluding hydrogens is 267 g/mol. The lowest BCUT2D eigenvalue weighted by Gasteiger charge is -2.36. The van der Waals surface area contributed by atoms with Crippen molar-refractivity contribution in [3.05, 3.63) is 23.6 Å². The Hall–Kier alpha value is -1.30. The van der Waals surface area contributed by atoms with Crippen LogP contribution in [-0.2, 0) is 0 Å². The van der Waals surface area contributed by atoms with Gasteiger partial charge in [0.15, 0.2) is 17.5 Å². The van der Waals surface area contributed by atoms with E-state index in [-0.39, 0.29) is 5.82 Å². The molecule has 2 fully saturated rings. The Morgan fingerprint density at radius 3 is 2.50 bits per heavy atom. The molecule has 2 aliphatic heterocycles. The third kappa shape index (κ3) is 2.49. The van der Waals surface area contributed by atoms with Crippen molar-refractivity contribution in [2.24, 2.45) is 5.92 Å². The molecule has 0 aliphatic carbocycles. The molecule has 1 aromatic rings. The van der Waals surface area contributed by atoms with Gasteiger partial charge in [-0.3, -0.25) is 0 Å². The van der Waals surface area contributed by atoms with Gasteiger partial charge < -0.3 is 10.2 Å². The predicted molar refractivity (Wildman–Crippen MR) is 69.9 cm³/mol. The summed E-state index contributed by atoms with van der Waals surface area (Å²) in [5.41, 5.74) is 0. The van der Waals surface area contributed by atoms with Crippen LogP contribution >= 0.6 is 0 Å². The number of aromatic nitrogens is 1. The van der Waals surface area contributed by atoms with Crippen molar-refractivity contribution in [1.82, 2.24) is 9.88 Å². The molecule has 3 rings (SSSR count). The zero-order valence-electron chi connectivity index (χ0n) is 11.4. The van der Waals surface area contributed by atoms with Gasteiger partial charge in [0.25, 0.3) is 5.95 Å². The van der Waals surface area contributed by atoms with Crippen LogP contribution in [0.2, 0.25) is 0 Å². The Morgan fingerprint density at radius 1 is 1.20 bits per heavy atom. The van der Waals surface area contributed by atoms with Crippen LogP contribution in [0, 0.1) is 23.5 Å². The fourth-order valence-corrected chi connectivity index (χ4v) is 3.50. The van der Waals surface area contributed by atoms with Crippen LogP contribution in [0.25, 0.3) is 0 Å². The number of nitrogens with zero attached hydrogens (tertiary/aromatic N) is 2. The summed E-state index contributed by atoms with van der Waals surface area (Å²) < 4.78 is 39.3. The van der Waals surface area contributed by atoms with Crippen molar-refractivity contribution in [3.63, 3.8) is 0 Å². The second kappa shape index (κ2) is 5.24. The van der Waals surface area contributed by atoms with E-state index in [2.05, 4.69) is 22.2 Å². The Labute approximate surface area is 116 Å². The van der Waals surface area contributed by atoms with Gasteiger partial charge in [0.05, 0.1) is 0 Å². The molecule has 20 heavy (non-hydrogen) atoms. The highest BCUT2D eigenvalue weighted by Crippen LogP contribution is 2.37. The van der Waals surface area contributed by atoms with E-state index in [0.717, 1.165) is 12.8 Å². The molecule has 0 aromatic carbocycles. The van der Waals surface area contributed by atoms with E-state index in [9.17, 15) is 13.2 Å². The minimum atomic E-state index is -1.27. The SMILES string of the molecule is CN1C2CCC1CC(CNc1nc(F)c(F)cc1F)C2. The zero-order chi connectivity index (χ0) is 14.3. The molecule has 3 heterocycles. The second-order valence-corrected chi connectivity index (χ2v) is 5.86. The lowest BCUT2D eigenvalue weighted by molar-refractivity contribution is 0.139. The molecule has 0 saturated carbocycles. The fraction of sp³-hybridized carbons (Fsp3) is 0.643. The van der Waals surface area contributed by atoms with Crippen molar-refractivity contribution in [3.8, 4) is 0 Å². The number of rotatable bonds is 3. The maximum atomic E-state index is 13.5. The van der Waals surface area contributed by atoms with E-state index < -0.39 is 17.6 Å². The van der Waals surface area contributed by atoms with Gasteiger partial charge in [-0.15, -0.1) is 0 Å². The number of hydrogen-bond acceptors (Lipinski definition) is 3. The number of hydrogen-bond donors (Lipinski definition) is 1. The Kier molecular flexibility index (Phi) is 3.58. The minimum absolute atomic E-state index is 0.199. The van der Waals surface area contributed by atoms with Crippen molar-refractivity contribution < 1.29 is 13.2 Å². The quantitative estimate of drug-likeness (QED) is 0.866. The van der Waals surface area contributed by atoms with Gasteiger partial charge in [0.2, 0.25) is 0 Å². The second-order valence-electron chi connectivity index (χ2n) is 5.86. The van der Waals surface area contributed by atoms with Crippen LogP contribution < -0.4 is 5.32 Å². The van der Waals surface area contributed by atoms with Crippen molar-refractivity contribution >= 4 is 5.82 Å². The molecule has 2 aliphatic rings. The summed E-state index contributed by atoms with van der Waals surface area (Å²) in [4.78, 5) is 5.71. The maximum Gasteiger partial charge on any atom is 0.251 e. The number of fused-ring (bicyclic) bond motifs is 2. The fourth-order valence-electron chi connectivity index (χ4n) is 3.50. The molecule has 0 amide bonds. The Morgan fingerprint density at radius 2 is 1.85 bits per heavy atom. The van der Waals surface area contributed by atoms with Gasteiger partial charge in [0, 0.05) is 24.7 Å². The molecule has 1 N–H and O–H groups in total. The monoisotopic (exact) mass is 285 g/mol. The third-order valence-electron chi connectivity index (χ3n) is 4.64. The van der Waals surface area contributed by atoms with Crippen molar-refractivity contribution in [1.29, 1.82) is 0 Å². The van der Waals surface area contributed by atoms with Crippen molar-refractivity contribution in [2.45, 2.75) is 37.8 Å². The topological polar surface area (TPSA) is 28.2 Å². The first kappa shape index (κ1) is 13.7. The number of halogens is 3. The highest BCUT2D eigenvalue weighted by Gasteiger charge is 2.38. The standard InChI is InChI=1S/C14H18F3N3/c1-20-9-2-3-10(20)5-8(4-9)7-18-14-12(16)6-11(15)13(17)19-14/h6,8-10H,2-5,7H2,1H3,(H,18,19). The van der Waals surface area contributed by atoms with Gasteiger partial charge in [-0.05, 0) is 38.6 Å². The first-order chi connectivity index (χ1) is 9.54. The molecule has 110 valence electrons. The first-order valence-electron chi connectivity index (χ1n) is 7.02. The van der Waals surface area contributed by atoms with Crippen molar-refractivity contribution in [2.75, 3.05) is 18.9 Å². The summed E-state index contributed by atoms with van der Waals surface area (Å²) in [5.74, 6) is -3.14. The normalized spacial score (nSPS) is 29.7. The summed E-state index contributed by atoms with van der Waals surface area (Å²) in [7, 11) is 2.16. The molecule has 0 radical (unpaired) electrons. The van der Waals surface area contributed by atoms with Crippen LogP contribution in [0.4, 0.5) is 19.0 Å². The molecule has 1 aromatic heterocycles. The summed E-state index contributed by atoms with van der Waals surface area (Å²) >= 11 is 0. The van der Waals surface area contributed by atoms with Crippen LogP contribution in [-0.4, -0.2) is 35.6 Å². The molecule has 6 heteroatoms. The van der Waals surface area contributed by atoms with E-state index in [4.69, 9.17) is 0 Å². The van der Waals surface area contributed by atoms with Gasteiger partial charge in [0.1, 0.15) is 0 Å². The van der Waals surface area contributed by atoms with E-state index in [1.165, 1.54) is 12.8 Å². The molecule has 3 nitrogen and oxygen atoms in total. The van der Waals surface area contributed by atoms with Gasteiger partial charge in [-0.25, -0.2) is 8.78 Å². The van der Waals surface area contributed by atoms with Gasteiger partial charge >= 0.3 is 0 Å². The van der Waals surface area contributed by atoms with Crippen LogP contribution in [0.5, 0.6) is 0 Å². The molecule has 2 saturated heterocycles. The average Bonchev–Trinajstić information content (AvgIpc) is 2.64. The van der Waals surface area contributed by atoms with Gasteiger partial charge in [-0.1, -0.05) is 0 Å². The highest BCUT2D eigenvalue weighted by molar-refractivity contribution is 5.36. The Balaban J connectivity index is 1.62. The summed E-state index contributed by atoms with van der Waals surface area (Å²) in [6, 6.07) is 1.73. The zero-order valence-corrected chi connectivity index (χ0v) is 11.4. The summed E-state index contributed by atoms with van der Waals surface area (Å²) in [5, 5.41) is 2.82. The van der Waals surface area contributed by atoms with Crippen LogP contribution in [0.3, 0.4) is 0 Å². The highest BCUT2D eigenvalue weighted by atomic mass is 19.2. The third-order valence-corrected chi connectivity index (χ3v) is 4.64. The number of anilines is 1. The molecule has 2 bridgehead atoms. The van der Waals surface area contributed by atoms with Crippen LogP contribution in [0.15, 0.2) is 6.07 Å². The average molecular weight is 285 g/mol. The lowest BCUT2D eigenvalue weighted by Crippen LogP contribution is -2.41. The van der Waals surface area contributed by atoms with E-state index in [1.807, 2.05) is 0 Å². The molecule has 2 atom stereocenters. The predicted octanol–water partition coefficient (Wildman–Crippen LogP) is 2.78. The maximum absolute atomic E-state index is 13.5. The smallest absolute Gasteiger partial charge is 0.251 e. The molecule has 0 spiro atoms. The van der Waals surface area contributed by atoms with E-state index in [0.29, 0.717) is 30.6 Å². The number of nitrogens with one attached hydrogen (secondary N) is 1. The van der Waals surface area contributed by atoms with E-state index >= 15 is 0 Å². The first-order valence-corrected chi connectivity index (χ1v) is 7.02. The Bertz CT molecular complexity index is 495.